The van der Waals surface area contributed by atoms with Crippen LogP contribution in [0.2, 0.25) is 0 Å². The number of unbranched alkanes of at least 4 members (excludes halogenated alkanes) is 2. The lowest BCUT2D eigenvalue weighted by Gasteiger charge is -2.37. The van der Waals surface area contributed by atoms with Gasteiger partial charge < -0.3 is 25.0 Å². The highest BCUT2D eigenvalue weighted by Gasteiger charge is 2.56. The Balaban J connectivity index is 1.23. The van der Waals surface area contributed by atoms with Gasteiger partial charge in [-0.1, -0.05) is 192 Å². The Morgan fingerprint density at radius 2 is 1.02 bits per heavy atom. The van der Waals surface area contributed by atoms with Gasteiger partial charge in [-0.3, -0.25) is 52.8 Å². The number of carboxylic acids is 2. The minimum atomic E-state index is -1.60. The predicted octanol–water partition coefficient (Wildman–Crippen LogP) is 12.4. The Morgan fingerprint density at radius 1 is 0.556 bits per heavy atom. The number of aliphatic carboxylic acids is 2. The second kappa shape index (κ2) is 31.3. The van der Waals surface area contributed by atoms with Crippen LogP contribution in [0.4, 0.5) is 0 Å². The van der Waals surface area contributed by atoms with Crippen LogP contribution in [-0.2, 0) is 43.1 Å². The monoisotopic (exact) mass is 1220 g/mol. The maximum Gasteiger partial charge on any atom is 0.318 e. The Labute approximate surface area is 525 Å². The highest BCUT2D eigenvalue weighted by atomic mass is 16.6. The fourth-order valence-corrected chi connectivity index (χ4v) is 13.5. The number of imide groups is 1. The summed E-state index contributed by atoms with van der Waals surface area (Å²) < 4.78 is 11.3. The molecular formula is C74H80N2O14. The fraction of sp³-hybridized carbons (Fsp3) is 0.378. The summed E-state index contributed by atoms with van der Waals surface area (Å²) in [5, 5.41) is 26.4. The molecule has 3 N–H and O–H groups in total. The summed E-state index contributed by atoms with van der Waals surface area (Å²) in [5.74, 6) is -22.6. The summed E-state index contributed by atoms with van der Waals surface area (Å²) in [6.45, 7) is 9.31. The van der Waals surface area contributed by atoms with Gasteiger partial charge in [0.1, 0.15) is 5.75 Å². The summed E-state index contributed by atoms with van der Waals surface area (Å²) >= 11 is 0. The van der Waals surface area contributed by atoms with Gasteiger partial charge in [-0.2, -0.15) is 0 Å². The molecule has 6 aromatic rings. The van der Waals surface area contributed by atoms with Crippen LogP contribution in [0.3, 0.4) is 0 Å². The van der Waals surface area contributed by atoms with Gasteiger partial charge in [0.25, 0.3) is 0 Å². The minimum Gasteiger partial charge on any atom is -0.481 e. The number of aryl methyl sites for hydroxylation is 1. The first kappa shape index (κ1) is 66.8. The third-order valence-electron chi connectivity index (χ3n) is 18.3. The smallest absolute Gasteiger partial charge is 0.318 e. The molecule has 2 heterocycles. The molecule has 0 aliphatic carbocycles. The number of rotatable bonds is 32. The van der Waals surface area contributed by atoms with E-state index >= 15 is 19.2 Å². The van der Waals surface area contributed by atoms with E-state index in [0.29, 0.717) is 53.5 Å². The molecule has 0 bridgehead atoms. The topological polar surface area (TPSA) is 245 Å². The molecule has 0 radical (unpaired) electrons. The molecule has 470 valence electrons. The summed E-state index contributed by atoms with van der Waals surface area (Å²) in [6, 6.07) is 47.6. The number of nitrogens with one attached hydrogen (secondary N) is 1. The molecule has 0 aromatic heterocycles. The van der Waals surface area contributed by atoms with Crippen molar-refractivity contribution in [3.63, 3.8) is 0 Å². The summed E-state index contributed by atoms with van der Waals surface area (Å²) in [4.78, 5) is 145. The standard InChI is InChI=1S/C74H80N2O14/c1-6-9-39-75-67(79)64(59(70(82)83)42-55(48-25-17-12-18-26-48)63-46(5)72(86)90-73(63)87)56(49-27-19-13-20-28-49)41-58-65(69(81)76(68(58)80)40-10-7-2)57(50-29-21-14-22-30-50)43-60(71(84)85)66(54(8-3)47-23-15-11-16-24-47)74(88)89-53-37-35-52(36-38-53)62(78)44-61(77)51-33-31-45(4)32-34-51/h11-38,46,54-60,63-66H,6-10,39-44H2,1-5H3,(H,75,79)(H,82,83)(H,84,85). The van der Waals surface area contributed by atoms with Gasteiger partial charge in [0.15, 0.2) is 11.6 Å². The minimum absolute atomic E-state index is 0.00226. The number of esters is 3. The number of ether oxygens (including phenoxy) is 2. The second-order valence-electron chi connectivity index (χ2n) is 24.0. The molecule has 16 heteroatoms. The number of carboxylic acid groups (broad SMARTS) is 2. The molecule has 2 fully saturated rings. The van der Waals surface area contributed by atoms with E-state index in [1.165, 1.54) is 29.2 Å². The van der Waals surface area contributed by atoms with Gasteiger partial charge >= 0.3 is 29.8 Å². The molecule has 0 saturated carbocycles. The van der Waals surface area contributed by atoms with E-state index in [4.69, 9.17) is 9.47 Å². The predicted molar refractivity (Wildman–Crippen MR) is 337 cm³/mol. The van der Waals surface area contributed by atoms with Gasteiger partial charge in [0.05, 0.1) is 53.8 Å². The van der Waals surface area contributed by atoms with E-state index in [0.717, 1.165) is 5.56 Å². The first-order chi connectivity index (χ1) is 43.4. The number of benzene rings is 6. The zero-order valence-electron chi connectivity index (χ0n) is 51.6. The van der Waals surface area contributed by atoms with E-state index < -0.39 is 131 Å². The maximum absolute atomic E-state index is 15.7. The number of amides is 3. The number of carbonyl (C=O) groups is 10. The number of ketones is 2. The molecule has 3 amide bonds. The van der Waals surface area contributed by atoms with Crippen molar-refractivity contribution in [3.8, 4) is 5.75 Å². The SMILES string of the molecule is CCCCNC(=O)C(C(CC(c1ccccc1)C1C(=O)OC(=O)C1C)C(=O)O)C(CC1C(=O)N(CCCC)C(=O)C1C(CC(C(=O)O)C(C(=O)Oc1ccc(C(=O)CC(=O)c2ccc(C)cc2)cc1)C(CC)c1ccccc1)c1ccccc1)c1ccccc1. The number of Topliss-reactive ketones (excluding diaryl/α,β-unsaturated/α-hetero) is 2. The Morgan fingerprint density at radius 3 is 1.49 bits per heavy atom. The molecule has 6 aromatic carbocycles. The van der Waals surface area contributed by atoms with Crippen molar-refractivity contribution in [2.24, 2.45) is 47.3 Å². The van der Waals surface area contributed by atoms with Crippen LogP contribution >= 0.6 is 0 Å². The maximum atomic E-state index is 15.7. The molecular weight excluding hydrogens is 1140 g/mol. The van der Waals surface area contributed by atoms with Crippen molar-refractivity contribution in [3.05, 3.63) is 209 Å². The molecule has 2 aliphatic heterocycles. The molecule has 12 unspecified atom stereocenters. The highest BCUT2D eigenvalue weighted by molar-refractivity contribution is 6.13. The lowest BCUT2D eigenvalue weighted by molar-refractivity contribution is -0.154. The zero-order chi connectivity index (χ0) is 64.6. The Hall–Kier alpha value is -9.18. The van der Waals surface area contributed by atoms with Crippen molar-refractivity contribution >= 4 is 59.1 Å². The van der Waals surface area contributed by atoms with Gasteiger partial charge in [-0.25, -0.2) is 0 Å². The van der Waals surface area contributed by atoms with Crippen LogP contribution in [-0.4, -0.2) is 87.3 Å². The molecule has 90 heavy (non-hydrogen) atoms. The fourth-order valence-electron chi connectivity index (χ4n) is 13.5. The van der Waals surface area contributed by atoms with Crippen molar-refractivity contribution in [2.45, 2.75) is 116 Å². The summed E-state index contributed by atoms with van der Waals surface area (Å²) in [7, 11) is 0. The molecule has 12 atom stereocenters. The van der Waals surface area contributed by atoms with Crippen LogP contribution in [0.5, 0.6) is 5.75 Å². The number of nitrogens with zero attached hydrogens (tertiary/aromatic N) is 1. The first-order valence-electron chi connectivity index (χ1n) is 31.4. The van der Waals surface area contributed by atoms with Crippen LogP contribution in [0, 0.1) is 54.3 Å². The van der Waals surface area contributed by atoms with Crippen molar-refractivity contribution in [2.75, 3.05) is 13.1 Å². The Bertz CT molecular complexity index is 3490. The third kappa shape index (κ3) is 15.8. The molecule has 2 saturated heterocycles. The van der Waals surface area contributed by atoms with Gasteiger partial charge in [0.2, 0.25) is 17.7 Å². The number of carbonyl (C=O) groups excluding carboxylic acids is 8. The molecule has 2 aliphatic rings. The number of cyclic esters (lactones) is 2. The van der Waals surface area contributed by atoms with Gasteiger partial charge in [-0.05, 0) is 116 Å². The van der Waals surface area contributed by atoms with E-state index in [2.05, 4.69) is 5.32 Å². The molecule has 16 nitrogen and oxygen atoms in total. The van der Waals surface area contributed by atoms with E-state index in [9.17, 15) is 39.0 Å². The van der Waals surface area contributed by atoms with Crippen LogP contribution in [0.1, 0.15) is 158 Å². The van der Waals surface area contributed by atoms with E-state index in [1.807, 2.05) is 27.7 Å². The van der Waals surface area contributed by atoms with Crippen LogP contribution in [0.25, 0.3) is 0 Å². The third-order valence-corrected chi connectivity index (χ3v) is 18.3. The van der Waals surface area contributed by atoms with Gasteiger partial charge in [-0.15, -0.1) is 0 Å². The zero-order valence-corrected chi connectivity index (χ0v) is 51.6. The second-order valence-corrected chi connectivity index (χ2v) is 24.0. The number of hydrogen-bond donors (Lipinski definition) is 3. The quantitative estimate of drug-likeness (QED) is 0.00888. The van der Waals surface area contributed by atoms with Crippen molar-refractivity contribution in [1.29, 1.82) is 0 Å². The van der Waals surface area contributed by atoms with E-state index in [1.54, 1.807) is 153 Å². The first-order valence-corrected chi connectivity index (χ1v) is 31.4. The summed E-state index contributed by atoms with van der Waals surface area (Å²) in [6.07, 6.45) is 1.12. The average Bonchev–Trinajstić information content (AvgIpc) is 1.55. The Kier molecular flexibility index (Phi) is 23.2. The lowest BCUT2D eigenvalue weighted by Crippen LogP contribution is -2.44. The largest absolute Gasteiger partial charge is 0.481 e. The summed E-state index contributed by atoms with van der Waals surface area (Å²) in [5.41, 5.74) is 3.69. The number of hydrogen-bond acceptors (Lipinski definition) is 12. The van der Waals surface area contributed by atoms with E-state index in [-0.39, 0.29) is 55.9 Å². The average molecular weight is 1220 g/mol. The highest BCUT2D eigenvalue weighted by Crippen LogP contribution is 2.51. The molecule has 0 spiro atoms. The normalized spacial score (nSPS) is 19.1. The number of likely N-dealkylation sites (tertiary alicyclic amines) is 1. The van der Waals surface area contributed by atoms with Crippen molar-refractivity contribution in [1.82, 2.24) is 10.2 Å². The molecule has 8 rings (SSSR count). The van der Waals surface area contributed by atoms with Crippen molar-refractivity contribution < 1.29 is 67.6 Å². The van der Waals surface area contributed by atoms with Gasteiger partial charge in [0, 0.05) is 24.2 Å². The van der Waals surface area contributed by atoms with Crippen LogP contribution < -0.4 is 10.1 Å². The lowest BCUT2D eigenvalue weighted by atomic mass is 9.64. The van der Waals surface area contributed by atoms with Crippen LogP contribution in [0.15, 0.2) is 170 Å².